The molecule has 24 heavy (non-hydrogen) atoms. The van der Waals surface area contributed by atoms with E-state index >= 15 is 0 Å². The van der Waals surface area contributed by atoms with Crippen LogP contribution in [0, 0.1) is 0 Å². The number of carbonyl (C=O) groups excluding carboxylic acids is 1. The standard InChI is InChI=1S/C17H14F3NO3/c1-10(11-2-5-13(6-3-11)17(18,19)20)21-16(22)12-4-7-14-15(8-12)24-9-23-14/h2-8,10H,9H2,1H3,(H,21,22). The van der Waals surface area contributed by atoms with Crippen molar-refractivity contribution in [1.29, 1.82) is 0 Å². The number of alkyl halides is 3. The third-order valence-corrected chi connectivity index (χ3v) is 3.72. The van der Waals surface area contributed by atoms with E-state index in [-0.39, 0.29) is 12.7 Å². The Hall–Kier alpha value is -2.70. The minimum atomic E-state index is -4.38. The predicted molar refractivity (Wildman–Crippen MR) is 79.9 cm³/mol. The topological polar surface area (TPSA) is 47.6 Å². The molecule has 0 aliphatic carbocycles. The molecule has 0 aromatic heterocycles. The quantitative estimate of drug-likeness (QED) is 0.923. The smallest absolute Gasteiger partial charge is 0.416 e. The Bertz CT molecular complexity index is 757. The first kappa shape index (κ1) is 16.2. The molecule has 7 heteroatoms. The van der Waals surface area contributed by atoms with Crippen LogP contribution in [0.25, 0.3) is 0 Å². The molecule has 2 aromatic rings. The van der Waals surface area contributed by atoms with E-state index in [1.165, 1.54) is 12.1 Å². The molecule has 1 N–H and O–H groups in total. The van der Waals surface area contributed by atoms with Crippen molar-refractivity contribution in [2.75, 3.05) is 6.79 Å². The lowest BCUT2D eigenvalue weighted by molar-refractivity contribution is -0.137. The third kappa shape index (κ3) is 3.29. The molecule has 0 spiro atoms. The third-order valence-electron chi connectivity index (χ3n) is 3.72. The van der Waals surface area contributed by atoms with Gasteiger partial charge in [0.05, 0.1) is 11.6 Å². The van der Waals surface area contributed by atoms with E-state index in [9.17, 15) is 18.0 Å². The molecule has 0 bridgehead atoms. The van der Waals surface area contributed by atoms with Gasteiger partial charge in [-0.1, -0.05) is 12.1 Å². The van der Waals surface area contributed by atoms with Gasteiger partial charge in [0, 0.05) is 5.56 Å². The number of halogens is 3. The number of rotatable bonds is 3. The summed E-state index contributed by atoms with van der Waals surface area (Å²) < 4.78 is 48.1. The molecule has 1 amide bonds. The fourth-order valence-corrected chi connectivity index (χ4v) is 2.36. The molecular weight excluding hydrogens is 323 g/mol. The van der Waals surface area contributed by atoms with Gasteiger partial charge in [-0.15, -0.1) is 0 Å². The second kappa shape index (κ2) is 6.07. The van der Waals surface area contributed by atoms with E-state index in [2.05, 4.69) is 5.32 Å². The fraction of sp³-hybridized carbons (Fsp3) is 0.235. The molecule has 3 rings (SSSR count). The number of hydrogen-bond acceptors (Lipinski definition) is 3. The van der Waals surface area contributed by atoms with Crippen molar-refractivity contribution >= 4 is 5.91 Å². The molecule has 1 heterocycles. The lowest BCUT2D eigenvalue weighted by atomic mass is 10.1. The maximum absolute atomic E-state index is 12.6. The molecule has 0 saturated carbocycles. The Morgan fingerprint density at radius 3 is 2.42 bits per heavy atom. The zero-order valence-electron chi connectivity index (χ0n) is 12.7. The normalized spacial score (nSPS) is 14.3. The Kier molecular flexibility index (Phi) is 4.09. The van der Waals surface area contributed by atoms with Crippen LogP contribution in [0.2, 0.25) is 0 Å². The van der Waals surface area contributed by atoms with Crippen molar-refractivity contribution in [2.24, 2.45) is 0 Å². The van der Waals surface area contributed by atoms with Gasteiger partial charge in [0.15, 0.2) is 11.5 Å². The van der Waals surface area contributed by atoms with Crippen LogP contribution in [0.1, 0.15) is 34.5 Å². The SMILES string of the molecule is CC(NC(=O)c1ccc2c(c1)OCO2)c1ccc(C(F)(F)F)cc1. The molecular formula is C17H14F3NO3. The monoisotopic (exact) mass is 337 g/mol. The summed E-state index contributed by atoms with van der Waals surface area (Å²) in [6.07, 6.45) is -4.38. The zero-order valence-corrected chi connectivity index (χ0v) is 12.7. The van der Waals surface area contributed by atoms with Crippen LogP contribution in [0.3, 0.4) is 0 Å². The van der Waals surface area contributed by atoms with Crippen LogP contribution in [-0.4, -0.2) is 12.7 Å². The van der Waals surface area contributed by atoms with Gasteiger partial charge < -0.3 is 14.8 Å². The van der Waals surface area contributed by atoms with E-state index in [1.54, 1.807) is 25.1 Å². The van der Waals surface area contributed by atoms with E-state index in [0.29, 0.717) is 22.6 Å². The highest BCUT2D eigenvalue weighted by Crippen LogP contribution is 2.33. The van der Waals surface area contributed by atoms with E-state index < -0.39 is 17.8 Å². The van der Waals surface area contributed by atoms with Gasteiger partial charge in [-0.3, -0.25) is 4.79 Å². The van der Waals surface area contributed by atoms with Crippen molar-refractivity contribution in [1.82, 2.24) is 5.32 Å². The van der Waals surface area contributed by atoms with Gasteiger partial charge in [0.1, 0.15) is 0 Å². The number of amides is 1. The Labute approximate surface area is 136 Å². The van der Waals surface area contributed by atoms with Crippen molar-refractivity contribution < 1.29 is 27.4 Å². The summed E-state index contributed by atoms with van der Waals surface area (Å²) in [5, 5.41) is 2.75. The molecule has 0 fully saturated rings. The number of benzene rings is 2. The van der Waals surface area contributed by atoms with Gasteiger partial charge in [-0.25, -0.2) is 0 Å². The molecule has 0 radical (unpaired) electrons. The molecule has 126 valence electrons. The van der Waals surface area contributed by atoms with E-state index in [1.807, 2.05) is 0 Å². The lowest BCUT2D eigenvalue weighted by Crippen LogP contribution is -2.26. The van der Waals surface area contributed by atoms with Gasteiger partial charge >= 0.3 is 6.18 Å². The second-order valence-corrected chi connectivity index (χ2v) is 5.38. The Balaban J connectivity index is 1.70. The van der Waals surface area contributed by atoms with Crippen LogP contribution in [-0.2, 0) is 6.18 Å². The fourth-order valence-electron chi connectivity index (χ4n) is 2.36. The average Bonchev–Trinajstić information content (AvgIpc) is 3.01. The molecule has 1 aliphatic heterocycles. The largest absolute Gasteiger partial charge is 0.454 e. The molecule has 1 atom stereocenters. The summed E-state index contributed by atoms with van der Waals surface area (Å²) in [6.45, 7) is 1.82. The molecule has 0 saturated heterocycles. The van der Waals surface area contributed by atoms with Crippen LogP contribution < -0.4 is 14.8 Å². The first-order valence-corrected chi connectivity index (χ1v) is 7.22. The summed E-state index contributed by atoms with van der Waals surface area (Å²) in [5.74, 6) is 0.716. The molecule has 2 aromatic carbocycles. The van der Waals surface area contributed by atoms with Crippen molar-refractivity contribution in [3.63, 3.8) is 0 Å². The van der Waals surface area contributed by atoms with Crippen molar-refractivity contribution in [3.8, 4) is 11.5 Å². The lowest BCUT2D eigenvalue weighted by Gasteiger charge is -2.15. The average molecular weight is 337 g/mol. The predicted octanol–water partition coefficient (Wildman–Crippen LogP) is 3.93. The van der Waals surface area contributed by atoms with Crippen LogP contribution in [0.5, 0.6) is 11.5 Å². The number of nitrogens with one attached hydrogen (secondary N) is 1. The minimum absolute atomic E-state index is 0.113. The van der Waals surface area contributed by atoms with Gasteiger partial charge in [0.2, 0.25) is 6.79 Å². The maximum Gasteiger partial charge on any atom is 0.416 e. The number of carbonyl (C=O) groups is 1. The van der Waals surface area contributed by atoms with Crippen LogP contribution in [0.4, 0.5) is 13.2 Å². The molecule has 1 aliphatic rings. The second-order valence-electron chi connectivity index (χ2n) is 5.38. The highest BCUT2D eigenvalue weighted by molar-refractivity contribution is 5.95. The number of fused-ring (bicyclic) bond motifs is 1. The Morgan fingerprint density at radius 2 is 1.75 bits per heavy atom. The molecule has 4 nitrogen and oxygen atoms in total. The minimum Gasteiger partial charge on any atom is -0.454 e. The first-order valence-electron chi connectivity index (χ1n) is 7.22. The summed E-state index contributed by atoms with van der Waals surface area (Å²) in [5.41, 5.74) is 0.246. The zero-order chi connectivity index (χ0) is 17.3. The summed E-state index contributed by atoms with van der Waals surface area (Å²) in [6, 6.07) is 9.07. The highest BCUT2D eigenvalue weighted by Gasteiger charge is 2.30. The van der Waals surface area contributed by atoms with Crippen molar-refractivity contribution in [2.45, 2.75) is 19.1 Å². The number of ether oxygens (including phenoxy) is 2. The number of hydrogen-bond donors (Lipinski definition) is 1. The maximum atomic E-state index is 12.6. The van der Waals surface area contributed by atoms with Crippen molar-refractivity contribution in [3.05, 3.63) is 59.2 Å². The first-order chi connectivity index (χ1) is 11.3. The summed E-state index contributed by atoms with van der Waals surface area (Å²) >= 11 is 0. The summed E-state index contributed by atoms with van der Waals surface area (Å²) in [4.78, 5) is 12.3. The van der Waals surface area contributed by atoms with E-state index in [0.717, 1.165) is 12.1 Å². The van der Waals surface area contributed by atoms with Gasteiger partial charge in [-0.05, 0) is 42.8 Å². The van der Waals surface area contributed by atoms with Gasteiger partial charge in [0.25, 0.3) is 5.91 Å². The van der Waals surface area contributed by atoms with Crippen LogP contribution in [0.15, 0.2) is 42.5 Å². The summed E-state index contributed by atoms with van der Waals surface area (Å²) in [7, 11) is 0. The van der Waals surface area contributed by atoms with Crippen LogP contribution >= 0.6 is 0 Å². The van der Waals surface area contributed by atoms with E-state index in [4.69, 9.17) is 9.47 Å². The highest BCUT2D eigenvalue weighted by atomic mass is 19.4. The Morgan fingerprint density at radius 1 is 1.08 bits per heavy atom. The van der Waals surface area contributed by atoms with Gasteiger partial charge in [-0.2, -0.15) is 13.2 Å². The molecule has 1 unspecified atom stereocenters.